The third-order valence-corrected chi connectivity index (χ3v) is 6.78. The summed E-state index contributed by atoms with van der Waals surface area (Å²) in [7, 11) is 1.08. The van der Waals surface area contributed by atoms with Crippen molar-refractivity contribution in [2.24, 2.45) is 0 Å². The van der Waals surface area contributed by atoms with Crippen LogP contribution >= 0.6 is 0 Å². The summed E-state index contributed by atoms with van der Waals surface area (Å²) in [5.74, 6) is -0.811. The number of anilines is 1. The first kappa shape index (κ1) is 23.8. The molecule has 4 rings (SSSR count). The van der Waals surface area contributed by atoms with Crippen LogP contribution in [-0.4, -0.2) is 65.6 Å². The molecule has 10 heteroatoms. The third-order valence-electron chi connectivity index (χ3n) is 6.78. The van der Waals surface area contributed by atoms with Gasteiger partial charge in [-0.3, -0.25) is 9.78 Å². The first-order valence-electron chi connectivity index (χ1n) is 11.1. The molecule has 1 aromatic heterocycles. The minimum absolute atomic E-state index is 0.0619. The van der Waals surface area contributed by atoms with Gasteiger partial charge in [-0.05, 0) is 29.7 Å². The van der Waals surface area contributed by atoms with E-state index in [9.17, 15) is 22.8 Å². The number of nitrogens with one attached hydrogen (secondary N) is 2. The Labute approximate surface area is 196 Å². The van der Waals surface area contributed by atoms with Crippen LogP contribution in [0.5, 0.6) is 0 Å². The van der Waals surface area contributed by atoms with E-state index in [4.69, 9.17) is 0 Å². The first-order chi connectivity index (χ1) is 16.0. The van der Waals surface area contributed by atoms with E-state index in [1.54, 1.807) is 6.07 Å². The number of carbonyl (C=O) groups excluding carboxylic acids is 2. The van der Waals surface area contributed by atoms with Crippen molar-refractivity contribution < 1.29 is 22.8 Å². The van der Waals surface area contributed by atoms with Gasteiger partial charge in [0.1, 0.15) is 6.54 Å². The number of pyridine rings is 1. The number of carbonyl (C=O) groups is 2. The van der Waals surface area contributed by atoms with Crippen LogP contribution in [0.4, 0.5) is 23.7 Å². The number of benzene rings is 1. The molecular weight excluding hydrogens is 447 g/mol. The molecule has 1 unspecified atom stereocenters. The minimum atomic E-state index is -4.73. The van der Waals surface area contributed by atoms with Gasteiger partial charge in [0.2, 0.25) is 5.91 Å². The molecule has 2 heterocycles. The smallest absolute Gasteiger partial charge is 0.380 e. The zero-order valence-corrected chi connectivity index (χ0v) is 19.3. The summed E-state index contributed by atoms with van der Waals surface area (Å²) in [6.07, 6.45) is -2.55. The van der Waals surface area contributed by atoms with E-state index in [-0.39, 0.29) is 23.7 Å². The Morgan fingerprint density at radius 1 is 1.29 bits per heavy atom. The van der Waals surface area contributed by atoms with Crippen molar-refractivity contribution in [3.05, 3.63) is 59.4 Å². The molecule has 34 heavy (non-hydrogen) atoms. The highest BCUT2D eigenvalue weighted by Gasteiger charge is 2.46. The highest BCUT2D eigenvalue weighted by molar-refractivity contribution is 5.85. The molecule has 1 saturated heterocycles. The summed E-state index contributed by atoms with van der Waals surface area (Å²) in [5.41, 5.74) is 2.67. The van der Waals surface area contributed by atoms with Crippen LogP contribution in [0.25, 0.3) is 0 Å². The van der Waals surface area contributed by atoms with Crippen molar-refractivity contribution in [1.29, 1.82) is 0 Å². The van der Waals surface area contributed by atoms with E-state index >= 15 is 0 Å². The van der Waals surface area contributed by atoms with Crippen molar-refractivity contribution in [3.63, 3.8) is 0 Å². The van der Waals surface area contributed by atoms with Crippen molar-refractivity contribution in [1.82, 2.24) is 20.1 Å². The molecule has 7 nitrogen and oxygen atoms in total. The fraction of sp³-hybridized carbons (Fsp3) is 0.458. The van der Waals surface area contributed by atoms with Crippen LogP contribution in [0.2, 0.25) is 0 Å². The van der Waals surface area contributed by atoms with Crippen molar-refractivity contribution >= 4 is 17.6 Å². The number of aromatic nitrogens is 1. The summed E-state index contributed by atoms with van der Waals surface area (Å²) in [4.78, 5) is 30.1. The van der Waals surface area contributed by atoms with Gasteiger partial charge in [-0.15, -0.1) is 0 Å². The van der Waals surface area contributed by atoms with Crippen LogP contribution in [0.3, 0.4) is 0 Å². The lowest BCUT2D eigenvalue weighted by molar-refractivity contribution is -0.189. The number of fused-ring (bicyclic) bond motifs is 1. The summed E-state index contributed by atoms with van der Waals surface area (Å²) >= 11 is 0. The molecule has 0 spiro atoms. The molecule has 182 valence electrons. The van der Waals surface area contributed by atoms with Crippen molar-refractivity contribution in [3.8, 4) is 0 Å². The number of rotatable bonds is 6. The van der Waals surface area contributed by atoms with Gasteiger partial charge in [-0.25, -0.2) is 4.79 Å². The number of hydrogen-bond donors (Lipinski definition) is 2. The van der Waals surface area contributed by atoms with Gasteiger partial charge < -0.3 is 20.4 Å². The molecule has 2 aromatic rings. The van der Waals surface area contributed by atoms with E-state index in [2.05, 4.69) is 41.6 Å². The van der Waals surface area contributed by atoms with Crippen LogP contribution in [0, 0.1) is 0 Å². The minimum Gasteiger partial charge on any atom is -0.380 e. The SMILES string of the molecule is CN(C(=O)CN1CCNC1=O)[C@@H](c1ccc(NC2Cc3ccccc3C2(C)C)cn1)C(F)(F)F. The Balaban J connectivity index is 1.49. The lowest BCUT2D eigenvalue weighted by Crippen LogP contribution is -2.45. The summed E-state index contributed by atoms with van der Waals surface area (Å²) in [6, 6.07) is 8.43. The van der Waals surface area contributed by atoms with Crippen molar-refractivity contribution in [2.45, 2.75) is 43.9 Å². The largest absolute Gasteiger partial charge is 0.414 e. The average Bonchev–Trinajstić information content (AvgIpc) is 3.28. The maximum absolute atomic E-state index is 13.9. The number of halogens is 3. The van der Waals surface area contributed by atoms with E-state index in [1.807, 2.05) is 12.1 Å². The quantitative estimate of drug-likeness (QED) is 0.671. The monoisotopic (exact) mass is 475 g/mol. The Bertz CT molecular complexity index is 1070. The van der Waals surface area contributed by atoms with Crippen LogP contribution < -0.4 is 10.6 Å². The molecule has 1 aromatic carbocycles. The van der Waals surface area contributed by atoms with Crippen molar-refractivity contribution in [2.75, 3.05) is 32.0 Å². The fourth-order valence-corrected chi connectivity index (χ4v) is 4.74. The molecule has 1 aliphatic carbocycles. The van der Waals surface area contributed by atoms with Crippen LogP contribution in [0.15, 0.2) is 42.6 Å². The number of likely N-dealkylation sites (N-methyl/N-ethyl adjacent to an activating group) is 1. The zero-order valence-electron chi connectivity index (χ0n) is 19.3. The van der Waals surface area contributed by atoms with Gasteiger partial charge in [0.15, 0.2) is 6.04 Å². The van der Waals surface area contributed by atoms with Gasteiger partial charge in [-0.2, -0.15) is 13.2 Å². The van der Waals surface area contributed by atoms with Gasteiger partial charge in [0.05, 0.1) is 17.6 Å². The van der Waals surface area contributed by atoms with Crippen LogP contribution in [0.1, 0.15) is 36.7 Å². The number of hydrogen-bond acceptors (Lipinski definition) is 4. The second-order valence-electron chi connectivity index (χ2n) is 9.35. The predicted octanol–water partition coefficient (Wildman–Crippen LogP) is 3.48. The summed E-state index contributed by atoms with van der Waals surface area (Å²) in [6.45, 7) is 4.48. The number of urea groups is 1. The van der Waals surface area contributed by atoms with Gasteiger partial charge in [-0.1, -0.05) is 38.1 Å². The number of amides is 3. The standard InChI is InChI=1S/C24H28F3N5O2/c1-23(2)17-7-5-4-6-15(17)12-19(23)30-16-8-9-18(29-13-16)21(24(25,26)27)31(3)20(33)14-32-11-10-28-22(32)34/h4-9,13,19,21,30H,10-12,14H2,1-3H3,(H,28,34)/t19?,21-/m0/s1. The highest BCUT2D eigenvalue weighted by Crippen LogP contribution is 2.40. The molecule has 1 aliphatic heterocycles. The van der Waals surface area contributed by atoms with Gasteiger partial charge >= 0.3 is 12.2 Å². The van der Waals surface area contributed by atoms with E-state index in [1.165, 1.54) is 28.3 Å². The Kier molecular flexibility index (Phi) is 6.18. The molecule has 0 saturated carbocycles. The molecule has 0 radical (unpaired) electrons. The highest BCUT2D eigenvalue weighted by atomic mass is 19.4. The molecule has 0 bridgehead atoms. The number of alkyl halides is 3. The molecule has 2 N–H and O–H groups in total. The van der Waals surface area contributed by atoms with E-state index < -0.39 is 30.7 Å². The van der Waals surface area contributed by atoms with E-state index in [0.717, 1.165) is 13.5 Å². The molecule has 2 aliphatic rings. The number of nitrogens with zero attached hydrogens (tertiary/aromatic N) is 3. The topological polar surface area (TPSA) is 77.6 Å². The second-order valence-corrected chi connectivity index (χ2v) is 9.35. The molecule has 1 fully saturated rings. The van der Waals surface area contributed by atoms with Crippen LogP contribution in [-0.2, 0) is 16.6 Å². The zero-order chi connectivity index (χ0) is 24.7. The predicted molar refractivity (Wildman–Crippen MR) is 121 cm³/mol. The average molecular weight is 476 g/mol. The normalized spacial score (nSPS) is 20.0. The Hall–Kier alpha value is -3.30. The van der Waals surface area contributed by atoms with Gasteiger partial charge in [0.25, 0.3) is 0 Å². The molecular formula is C24H28F3N5O2. The Morgan fingerprint density at radius 2 is 2.03 bits per heavy atom. The maximum Gasteiger partial charge on any atom is 0.414 e. The lowest BCUT2D eigenvalue weighted by atomic mass is 9.83. The van der Waals surface area contributed by atoms with Gasteiger partial charge in [0, 0.05) is 31.6 Å². The van der Waals surface area contributed by atoms with E-state index in [0.29, 0.717) is 17.1 Å². The fourth-order valence-electron chi connectivity index (χ4n) is 4.74. The first-order valence-corrected chi connectivity index (χ1v) is 11.1. The maximum atomic E-state index is 13.9. The summed E-state index contributed by atoms with van der Waals surface area (Å²) in [5, 5.41) is 5.94. The Morgan fingerprint density at radius 3 is 2.62 bits per heavy atom. The second kappa shape index (κ2) is 8.81. The lowest BCUT2D eigenvalue weighted by Gasteiger charge is -2.31. The molecule has 3 amide bonds. The summed E-state index contributed by atoms with van der Waals surface area (Å²) < 4.78 is 41.8. The third kappa shape index (κ3) is 4.53. The molecule has 2 atom stereocenters.